The van der Waals surface area contributed by atoms with Crippen LogP contribution in [0.5, 0.6) is 0 Å². The molecule has 1 saturated carbocycles. The lowest BCUT2D eigenvalue weighted by Crippen LogP contribution is -2.44. The number of hydrogen-bond acceptors (Lipinski definition) is 3. The summed E-state index contributed by atoms with van der Waals surface area (Å²) in [7, 11) is 0. The van der Waals surface area contributed by atoms with Crippen molar-refractivity contribution >= 4 is 5.82 Å². The quantitative estimate of drug-likeness (QED) is 0.759. The first-order valence-electron chi connectivity index (χ1n) is 5.87. The SMILES string of the molecule is Cc1c(N2CCNCC2)n[nH]c1C1CC1. The van der Waals surface area contributed by atoms with Gasteiger partial charge in [0.1, 0.15) is 0 Å². The van der Waals surface area contributed by atoms with Crippen LogP contribution < -0.4 is 10.2 Å². The van der Waals surface area contributed by atoms with E-state index in [1.165, 1.54) is 29.9 Å². The molecule has 1 aromatic rings. The minimum absolute atomic E-state index is 0.772. The summed E-state index contributed by atoms with van der Waals surface area (Å²) in [5.41, 5.74) is 2.75. The normalized spacial score (nSPS) is 22.1. The molecule has 4 nitrogen and oxygen atoms in total. The van der Waals surface area contributed by atoms with Crippen LogP contribution in [-0.4, -0.2) is 36.4 Å². The van der Waals surface area contributed by atoms with E-state index in [1.54, 1.807) is 0 Å². The second-order valence-electron chi connectivity index (χ2n) is 4.60. The van der Waals surface area contributed by atoms with Crippen molar-refractivity contribution in [3.05, 3.63) is 11.3 Å². The maximum absolute atomic E-state index is 4.47. The Hall–Kier alpha value is -1.03. The third-order valence-corrected chi connectivity index (χ3v) is 3.42. The highest BCUT2D eigenvalue weighted by atomic mass is 15.3. The summed E-state index contributed by atoms with van der Waals surface area (Å²) in [5.74, 6) is 1.95. The molecule has 0 bridgehead atoms. The van der Waals surface area contributed by atoms with E-state index < -0.39 is 0 Å². The van der Waals surface area contributed by atoms with Crippen molar-refractivity contribution in [1.82, 2.24) is 15.5 Å². The molecule has 3 rings (SSSR count). The molecule has 0 amide bonds. The molecule has 0 atom stereocenters. The molecule has 0 unspecified atom stereocenters. The number of anilines is 1. The lowest BCUT2D eigenvalue weighted by Gasteiger charge is -2.27. The summed E-state index contributed by atoms with van der Waals surface area (Å²) in [6, 6.07) is 0. The van der Waals surface area contributed by atoms with Gasteiger partial charge >= 0.3 is 0 Å². The molecule has 1 aromatic heterocycles. The fourth-order valence-electron chi connectivity index (χ4n) is 2.36. The predicted octanol–water partition coefficient (Wildman–Crippen LogP) is 1.01. The second-order valence-corrected chi connectivity index (χ2v) is 4.60. The lowest BCUT2D eigenvalue weighted by atomic mass is 10.2. The highest BCUT2D eigenvalue weighted by molar-refractivity contribution is 5.50. The average molecular weight is 206 g/mol. The summed E-state index contributed by atoms with van der Waals surface area (Å²) in [4.78, 5) is 2.38. The van der Waals surface area contributed by atoms with Crippen molar-refractivity contribution in [3.8, 4) is 0 Å². The Kier molecular flexibility index (Phi) is 2.16. The molecule has 82 valence electrons. The zero-order chi connectivity index (χ0) is 10.3. The fourth-order valence-corrected chi connectivity index (χ4v) is 2.36. The molecule has 4 heteroatoms. The lowest BCUT2D eigenvalue weighted by molar-refractivity contribution is 0.584. The van der Waals surface area contributed by atoms with Crippen LogP contribution in [0.3, 0.4) is 0 Å². The summed E-state index contributed by atoms with van der Waals surface area (Å²) in [6.07, 6.45) is 2.67. The van der Waals surface area contributed by atoms with E-state index in [-0.39, 0.29) is 0 Å². The molecule has 0 radical (unpaired) electrons. The maximum Gasteiger partial charge on any atom is 0.153 e. The molecule has 2 N–H and O–H groups in total. The van der Waals surface area contributed by atoms with Gasteiger partial charge < -0.3 is 10.2 Å². The Balaban J connectivity index is 1.83. The predicted molar refractivity (Wildman–Crippen MR) is 60.4 cm³/mol. The molecule has 15 heavy (non-hydrogen) atoms. The summed E-state index contributed by atoms with van der Waals surface area (Å²) in [6.45, 7) is 6.51. The van der Waals surface area contributed by atoms with Crippen LogP contribution in [0.15, 0.2) is 0 Å². The van der Waals surface area contributed by atoms with E-state index in [0.29, 0.717) is 0 Å². The van der Waals surface area contributed by atoms with Gasteiger partial charge in [-0.2, -0.15) is 5.10 Å². The molecular weight excluding hydrogens is 188 g/mol. The number of rotatable bonds is 2. The molecule has 0 spiro atoms. The van der Waals surface area contributed by atoms with Crippen LogP contribution in [0.25, 0.3) is 0 Å². The molecular formula is C11H18N4. The number of aromatic nitrogens is 2. The number of piperazine rings is 1. The number of aromatic amines is 1. The highest BCUT2D eigenvalue weighted by Crippen LogP contribution is 2.42. The first-order valence-corrected chi connectivity index (χ1v) is 5.87. The van der Waals surface area contributed by atoms with Gasteiger partial charge in [0.2, 0.25) is 0 Å². The van der Waals surface area contributed by atoms with Crippen LogP contribution in [0.2, 0.25) is 0 Å². The Labute approximate surface area is 90.0 Å². The Morgan fingerprint density at radius 2 is 2.00 bits per heavy atom. The smallest absolute Gasteiger partial charge is 0.153 e. The number of nitrogens with zero attached hydrogens (tertiary/aromatic N) is 2. The van der Waals surface area contributed by atoms with E-state index in [2.05, 4.69) is 27.3 Å². The number of H-pyrrole nitrogens is 1. The third kappa shape index (κ3) is 1.63. The van der Waals surface area contributed by atoms with E-state index in [0.717, 1.165) is 32.1 Å². The van der Waals surface area contributed by atoms with Crippen molar-refractivity contribution in [2.24, 2.45) is 0 Å². The van der Waals surface area contributed by atoms with E-state index >= 15 is 0 Å². The van der Waals surface area contributed by atoms with Crippen LogP contribution >= 0.6 is 0 Å². The minimum atomic E-state index is 0.772. The van der Waals surface area contributed by atoms with Gasteiger partial charge in [-0.15, -0.1) is 0 Å². The second kappa shape index (κ2) is 3.52. The average Bonchev–Trinajstić information content (AvgIpc) is 3.04. The van der Waals surface area contributed by atoms with E-state index in [1.807, 2.05) is 0 Å². The van der Waals surface area contributed by atoms with Gasteiger partial charge in [0.15, 0.2) is 5.82 Å². The maximum atomic E-state index is 4.47. The Morgan fingerprint density at radius 1 is 1.27 bits per heavy atom. The van der Waals surface area contributed by atoms with Crippen LogP contribution in [-0.2, 0) is 0 Å². The molecule has 1 aliphatic heterocycles. The van der Waals surface area contributed by atoms with Crippen molar-refractivity contribution in [3.63, 3.8) is 0 Å². The zero-order valence-electron chi connectivity index (χ0n) is 9.21. The molecule has 1 aliphatic carbocycles. The summed E-state index contributed by atoms with van der Waals surface area (Å²) in [5, 5.41) is 11.1. The highest BCUT2D eigenvalue weighted by Gasteiger charge is 2.29. The van der Waals surface area contributed by atoms with Gasteiger partial charge in [0, 0.05) is 43.4 Å². The Morgan fingerprint density at radius 3 is 2.67 bits per heavy atom. The largest absolute Gasteiger partial charge is 0.352 e. The van der Waals surface area contributed by atoms with Crippen molar-refractivity contribution < 1.29 is 0 Å². The molecule has 0 aromatic carbocycles. The van der Waals surface area contributed by atoms with Crippen molar-refractivity contribution in [1.29, 1.82) is 0 Å². The van der Waals surface area contributed by atoms with E-state index in [4.69, 9.17) is 0 Å². The first-order chi connectivity index (χ1) is 7.36. The van der Waals surface area contributed by atoms with Crippen molar-refractivity contribution in [2.45, 2.75) is 25.7 Å². The van der Waals surface area contributed by atoms with Gasteiger partial charge in [-0.05, 0) is 19.8 Å². The Bertz CT molecular complexity index is 347. The number of nitrogens with one attached hydrogen (secondary N) is 2. The van der Waals surface area contributed by atoms with Gasteiger partial charge in [-0.3, -0.25) is 5.10 Å². The van der Waals surface area contributed by atoms with Gasteiger partial charge in [-0.1, -0.05) is 0 Å². The van der Waals surface area contributed by atoms with Gasteiger partial charge in [-0.25, -0.2) is 0 Å². The number of hydrogen-bond donors (Lipinski definition) is 2. The van der Waals surface area contributed by atoms with Gasteiger partial charge in [0.05, 0.1) is 0 Å². The van der Waals surface area contributed by atoms with Gasteiger partial charge in [0.25, 0.3) is 0 Å². The molecule has 2 aliphatic rings. The molecule has 1 saturated heterocycles. The van der Waals surface area contributed by atoms with E-state index in [9.17, 15) is 0 Å². The molecule has 2 heterocycles. The monoisotopic (exact) mass is 206 g/mol. The standard InChI is InChI=1S/C11H18N4/c1-8-10(9-2-3-9)13-14-11(8)15-6-4-12-5-7-15/h9,12H,2-7H2,1H3,(H,13,14). The van der Waals surface area contributed by atoms with Crippen LogP contribution in [0.1, 0.15) is 30.0 Å². The van der Waals surface area contributed by atoms with Crippen LogP contribution in [0.4, 0.5) is 5.82 Å². The van der Waals surface area contributed by atoms with Crippen molar-refractivity contribution in [2.75, 3.05) is 31.1 Å². The fraction of sp³-hybridized carbons (Fsp3) is 0.727. The minimum Gasteiger partial charge on any atom is -0.352 e. The first kappa shape index (κ1) is 9.21. The molecule has 2 fully saturated rings. The topological polar surface area (TPSA) is 44.0 Å². The zero-order valence-corrected chi connectivity index (χ0v) is 9.21. The third-order valence-electron chi connectivity index (χ3n) is 3.42. The van der Waals surface area contributed by atoms with Crippen LogP contribution in [0, 0.1) is 6.92 Å². The summed E-state index contributed by atoms with van der Waals surface area (Å²) >= 11 is 0. The summed E-state index contributed by atoms with van der Waals surface area (Å²) < 4.78 is 0.